The van der Waals surface area contributed by atoms with Crippen LogP contribution in [-0.4, -0.2) is 10.7 Å². The Balaban J connectivity index is 2.14. The van der Waals surface area contributed by atoms with Gasteiger partial charge in [-0.3, -0.25) is 10.1 Å². The van der Waals surface area contributed by atoms with E-state index in [1.54, 1.807) is 11.8 Å². The van der Waals surface area contributed by atoms with Gasteiger partial charge in [-0.2, -0.15) is 0 Å². The molecule has 0 amide bonds. The molecule has 0 fully saturated rings. The monoisotopic (exact) mass is 277 g/mol. The molecule has 1 aliphatic rings. The largest absolute Gasteiger partial charge is 0.259 e. The van der Waals surface area contributed by atoms with Crippen LogP contribution in [0.25, 0.3) is 0 Å². The molecule has 1 aliphatic heterocycles. The van der Waals surface area contributed by atoms with Crippen molar-refractivity contribution in [3.63, 3.8) is 0 Å². The summed E-state index contributed by atoms with van der Waals surface area (Å²) in [6.45, 7) is 2.20. The first kappa shape index (κ1) is 14.0. The van der Waals surface area contributed by atoms with Crippen molar-refractivity contribution in [1.82, 2.24) is 0 Å². The fraction of sp³-hybridized carbons (Fsp3) is 0.600. The Morgan fingerprint density at radius 1 is 1.50 bits per heavy atom. The van der Waals surface area contributed by atoms with E-state index < -0.39 is 4.92 Å². The highest BCUT2D eigenvalue weighted by molar-refractivity contribution is 8.35. The lowest BCUT2D eigenvalue weighted by molar-refractivity contribution is -0.402. The SMILES string of the molecule is CCCCCCSC1=CS/C(=C\[N+](=O)[O-])S1. The molecule has 1 rings (SSSR count). The van der Waals surface area contributed by atoms with Gasteiger partial charge >= 0.3 is 0 Å². The summed E-state index contributed by atoms with van der Waals surface area (Å²) in [4.78, 5) is 9.88. The Kier molecular flexibility index (Phi) is 7.07. The molecule has 3 nitrogen and oxygen atoms in total. The van der Waals surface area contributed by atoms with Gasteiger partial charge in [0.2, 0.25) is 0 Å². The molecule has 6 heteroatoms. The molecule has 0 aromatic heterocycles. The Morgan fingerprint density at radius 2 is 2.31 bits per heavy atom. The number of hydrogen-bond donors (Lipinski definition) is 0. The van der Waals surface area contributed by atoms with Gasteiger partial charge in [-0.15, -0.1) is 11.8 Å². The normalized spacial score (nSPS) is 17.8. The average molecular weight is 277 g/mol. The first-order valence-electron chi connectivity index (χ1n) is 5.25. The molecule has 0 radical (unpaired) electrons. The second kappa shape index (κ2) is 8.08. The fourth-order valence-electron chi connectivity index (χ4n) is 1.16. The van der Waals surface area contributed by atoms with Gasteiger partial charge in [-0.1, -0.05) is 49.7 Å². The Labute approximate surface area is 109 Å². The molecule has 0 spiro atoms. The fourth-order valence-corrected chi connectivity index (χ4v) is 4.68. The summed E-state index contributed by atoms with van der Waals surface area (Å²) in [5.41, 5.74) is 0. The molecule has 90 valence electrons. The van der Waals surface area contributed by atoms with Crippen LogP contribution in [-0.2, 0) is 0 Å². The minimum atomic E-state index is -0.391. The third kappa shape index (κ3) is 5.86. The quantitative estimate of drug-likeness (QED) is 0.385. The lowest BCUT2D eigenvalue weighted by atomic mass is 10.2. The molecule has 0 unspecified atom stereocenters. The molecule has 0 aromatic rings. The number of hydrogen-bond acceptors (Lipinski definition) is 5. The Hall–Kier alpha value is -0.0700. The molecule has 16 heavy (non-hydrogen) atoms. The van der Waals surface area contributed by atoms with Crippen molar-refractivity contribution < 1.29 is 4.92 Å². The van der Waals surface area contributed by atoms with Crippen LogP contribution in [0.3, 0.4) is 0 Å². The topological polar surface area (TPSA) is 43.1 Å². The van der Waals surface area contributed by atoms with E-state index >= 15 is 0 Å². The lowest BCUT2D eigenvalue weighted by Crippen LogP contribution is -1.83. The maximum Gasteiger partial charge on any atom is 0.255 e. The van der Waals surface area contributed by atoms with Gasteiger partial charge in [-0.05, 0) is 17.6 Å². The van der Waals surface area contributed by atoms with E-state index in [4.69, 9.17) is 0 Å². The van der Waals surface area contributed by atoms with Crippen LogP contribution in [0.5, 0.6) is 0 Å². The summed E-state index contributed by atoms with van der Waals surface area (Å²) in [6.07, 6.45) is 6.15. The second-order valence-corrected chi connectivity index (χ2v) is 6.95. The van der Waals surface area contributed by atoms with E-state index in [-0.39, 0.29) is 0 Å². The van der Waals surface area contributed by atoms with E-state index in [1.807, 2.05) is 5.41 Å². The third-order valence-corrected chi connectivity index (χ3v) is 5.58. The highest BCUT2D eigenvalue weighted by atomic mass is 32.2. The molecular formula is C10H15NO2S3. The van der Waals surface area contributed by atoms with E-state index in [2.05, 4.69) is 6.92 Å². The van der Waals surface area contributed by atoms with E-state index in [0.717, 1.165) is 16.2 Å². The summed E-state index contributed by atoms with van der Waals surface area (Å²) >= 11 is 4.76. The van der Waals surface area contributed by atoms with E-state index in [1.165, 1.54) is 53.4 Å². The van der Waals surface area contributed by atoms with Gasteiger partial charge in [0.15, 0.2) is 0 Å². The van der Waals surface area contributed by atoms with Crippen molar-refractivity contribution in [3.05, 3.63) is 30.2 Å². The van der Waals surface area contributed by atoms with Crippen molar-refractivity contribution in [1.29, 1.82) is 0 Å². The van der Waals surface area contributed by atoms with Crippen LogP contribution >= 0.6 is 35.3 Å². The Morgan fingerprint density at radius 3 is 3.00 bits per heavy atom. The van der Waals surface area contributed by atoms with Crippen molar-refractivity contribution in [2.24, 2.45) is 0 Å². The van der Waals surface area contributed by atoms with Gasteiger partial charge in [0, 0.05) is 0 Å². The zero-order chi connectivity index (χ0) is 11.8. The Bertz CT molecular complexity index is 302. The zero-order valence-electron chi connectivity index (χ0n) is 9.18. The van der Waals surface area contributed by atoms with Crippen molar-refractivity contribution in [2.45, 2.75) is 32.6 Å². The predicted octanol–water partition coefficient (Wildman–Crippen LogP) is 4.65. The maximum atomic E-state index is 10.3. The third-order valence-electron chi connectivity index (χ3n) is 1.93. The predicted molar refractivity (Wildman–Crippen MR) is 74.9 cm³/mol. The highest BCUT2D eigenvalue weighted by Gasteiger charge is 2.15. The van der Waals surface area contributed by atoms with Crippen LogP contribution in [0.1, 0.15) is 32.6 Å². The number of thioether (sulfide) groups is 3. The summed E-state index contributed by atoms with van der Waals surface area (Å²) in [6, 6.07) is 0. The minimum Gasteiger partial charge on any atom is -0.259 e. The number of nitrogens with zero attached hydrogens (tertiary/aromatic N) is 1. The summed E-state index contributed by atoms with van der Waals surface area (Å²) < 4.78 is 1.95. The van der Waals surface area contributed by atoms with E-state index in [0.29, 0.717) is 0 Å². The standard InChI is InChI=1S/C10H15NO2S3/c1-2-3-4-5-6-14-10-8-15-9(16-10)7-11(12)13/h7-8H,2-6H2,1H3/b9-7+. The van der Waals surface area contributed by atoms with Crippen LogP contribution in [0.2, 0.25) is 0 Å². The van der Waals surface area contributed by atoms with Gasteiger partial charge in [0.05, 0.1) is 9.16 Å². The van der Waals surface area contributed by atoms with Gasteiger partial charge in [0.1, 0.15) is 4.24 Å². The zero-order valence-corrected chi connectivity index (χ0v) is 11.6. The van der Waals surface area contributed by atoms with Crippen LogP contribution in [0, 0.1) is 10.1 Å². The summed E-state index contributed by atoms with van der Waals surface area (Å²) in [5, 5.41) is 12.3. The molecule has 1 heterocycles. The smallest absolute Gasteiger partial charge is 0.255 e. The summed E-state index contributed by atoms with van der Waals surface area (Å²) in [7, 11) is 0. The molecule has 0 saturated carbocycles. The minimum absolute atomic E-state index is 0.391. The lowest BCUT2D eigenvalue weighted by Gasteiger charge is -2.00. The molecule has 0 saturated heterocycles. The first-order chi connectivity index (χ1) is 7.72. The highest BCUT2D eigenvalue weighted by Crippen LogP contribution is 2.48. The van der Waals surface area contributed by atoms with Crippen LogP contribution in [0.15, 0.2) is 20.1 Å². The van der Waals surface area contributed by atoms with Gasteiger partial charge < -0.3 is 0 Å². The number of rotatable bonds is 7. The van der Waals surface area contributed by atoms with Gasteiger partial charge in [-0.25, -0.2) is 0 Å². The molecule has 0 N–H and O–H groups in total. The van der Waals surface area contributed by atoms with Crippen molar-refractivity contribution >= 4 is 35.3 Å². The molecule has 0 bridgehead atoms. The van der Waals surface area contributed by atoms with Crippen LogP contribution < -0.4 is 0 Å². The van der Waals surface area contributed by atoms with Crippen LogP contribution in [0.4, 0.5) is 0 Å². The molecule has 0 atom stereocenters. The maximum absolute atomic E-state index is 10.3. The van der Waals surface area contributed by atoms with Crippen molar-refractivity contribution in [3.8, 4) is 0 Å². The van der Waals surface area contributed by atoms with Gasteiger partial charge in [0.25, 0.3) is 6.20 Å². The average Bonchev–Trinajstić information content (AvgIpc) is 2.64. The molecule has 0 aromatic carbocycles. The van der Waals surface area contributed by atoms with E-state index in [9.17, 15) is 10.1 Å². The summed E-state index contributed by atoms with van der Waals surface area (Å²) in [5.74, 6) is 1.12. The van der Waals surface area contributed by atoms with Crippen molar-refractivity contribution in [2.75, 3.05) is 5.75 Å². The number of nitro groups is 1. The number of unbranched alkanes of at least 4 members (excludes halogenated alkanes) is 3. The molecule has 0 aliphatic carbocycles. The molecular weight excluding hydrogens is 262 g/mol. The second-order valence-electron chi connectivity index (χ2n) is 3.30. The first-order valence-corrected chi connectivity index (χ1v) is 7.93.